The van der Waals surface area contributed by atoms with Crippen LogP contribution in [0.3, 0.4) is 0 Å². The molecule has 28 rings (SSSR count). The highest BCUT2D eigenvalue weighted by atomic mass is 15.2. The molecular formula is C128H84B2N4. The van der Waals surface area contributed by atoms with Gasteiger partial charge in [0.05, 0.1) is 0 Å². The maximum Gasteiger partial charge on any atom is 0.252 e. The van der Waals surface area contributed by atoms with E-state index >= 15 is 0 Å². The predicted molar refractivity (Wildman–Crippen MR) is 564 cm³/mol. The van der Waals surface area contributed by atoms with Gasteiger partial charge in [-0.1, -0.05) is 400 Å². The Labute approximate surface area is 782 Å². The molecule has 2 bridgehead atoms. The van der Waals surface area contributed by atoms with E-state index in [1.165, 1.54) is 166 Å². The number of anilines is 12. The molecule has 134 heavy (non-hydrogen) atoms. The molecule has 0 aromatic heterocycles. The Hall–Kier alpha value is -17.1. The normalized spacial score (nSPS) is 14.0. The second kappa shape index (κ2) is 31.4. The first-order chi connectivity index (χ1) is 66.5. The molecule has 0 N–H and O–H groups in total. The van der Waals surface area contributed by atoms with Crippen LogP contribution in [0.15, 0.2) is 497 Å². The highest BCUT2D eigenvalue weighted by molar-refractivity contribution is 7.01. The largest absolute Gasteiger partial charge is 0.311 e. The molecule has 21 aromatic carbocycles. The number of fused-ring (bicyclic) bond motifs is 8. The van der Waals surface area contributed by atoms with Gasteiger partial charge in [0.1, 0.15) is 0 Å². The Kier molecular flexibility index (Phi) is 18.0. The van der Waals surface area contributed by atoms with Crippen LogP contribution in [0.25, 0.3) is 111 Å². The van der Waals surface area contributed by atoms with Gasteiger partial charge in [0, 0.05) is 80.1 Å². The lowest BCUT2D eigenvalue weighted by Crippen LogP contribution is -2.61. The molecule has 21 aromatic rings. The van der Waals surface area contributed by atoms with E-state index < -0.39 is 0 Å². The topological polar surface area (TPSA) is 13.0 Å². The first-order valence-corrected chi connectivity index (χ1v) is 46.8. The predicted octanol–water partition coefficient (Wildman–Crippen LogP) is 29.5. The molecule has 4 heterocycles. The van der Waals surface area contributed by atoms with Crippen molar-refractivity contribution in [3.8, 4) is 111 Å². The van der Waals surface area contributed by atoms with Crippen molar-refractivity contribution in [2.75, 3.05) is 19.6 Å². The second-order valence-corrected chi connectivity index (χ2v) is 36.4. The summed E-state index contributed by atoms with van der Waals surface area (Å²) in [5, 5.41) is 0. The molecule has 0 spiro atoms. The summed E-state index contributed by atoms with van der Waals surface area (Å²) in [4.78, 5) is 10.4. The molecule has 0 radical (unpaired) electrons. The third-order valence-corrected chi connectivity index (χ3v) is 29.2. The third-order valence-electron chi connectivity index (χ3n) is 29.2. The van der Waals surface area contributed by atoms with Gasteiger partial charge in [0.25, 0.3) is 13.4 Å². The van der Waals surface area contributed by atoms with Crippen LogP contribution in [0.4, 0.5) is 68.2 Å². The van der Waals surface area contributed by atoms with Crippen molar-refractivity contribution in [1.82, 2.24) is 0 Å². The summed E-state index contributed by atoms with van der Waals surface area (Å²) in [6.07, 6.45) is 0. The van der Waals surface area contributed by atoms with Crippen molar-refractivity contribution in [3.63, 3.8) is 0 Å². The maximum absolute atomic E-state index is 2.61. The zero-order valence-electron chi connectivity index (χ0n) is 73.4. The minimum absolute atomic E-state index is 0.0897. The number of rotatable bonds is 14. The van der Waals surface area contributed by atoms with Gasteiger partial charge in [-0.2, -0.15) is 0 Å². The van der Waals surface area contributed by atoms with Crippen molar-refractivity contribution in [2.45, 2.75) is 11.8 Å². The van der Waals surface area contributed by atoms with E-state index in [-0.39, 0.29) is 25.3 Å². The van der Waals surface area contributed by atoms with E-state index in [0.717, 1.165) is 79.4 Å². The Bertz CT molecular complexity index is 7340. The Morgan fingerprint density at radius 2 is 0.343 bits per heavy atom. The fraction of sp³-hybridized carbons (Fsp3) is 0.0156. The Morgan fingerprint density at radius 1 is 0.142 bits per heavy atom. The Balaban J connectivity index is 0.708. The van der Waals surface area contributed by atoms with Crippen LogP contribution in [0.2, 0.25) is 0 Å². The van der Waals surface area contributed by atoms with Gasteiger partial charge in [0.2, 0.25) is 0 Å². The Morgan fingerprint density at radius 3 is 0.590 bits per heavy atom. The van der Waals surface area contributed by atoms with Crippen molar-refractivity contribution >= 4 is 114 Å². The van der Waals surface area contributed by atoms with Crippen LogP contribution in [-0.4, -0.2) is 13.4 Å². The zero-order valence-corrected chi connectivity index (χ0v) is 73.4. The molecule has 4 aliphatic heterocycles. The lowest BCUT2D eigenvalue weighted by atomic mass is 9.33. The molecule has 6 heteroatoms. The van der Waals surface area contributed by atoms with Crippen LogP contribution in [0.1, 0.15) is 45.2 Å². The van der Waals surface area contributed by atoms with Gasteiger partial charge in [-0.3, -0.25) is 0 Å². The second-order valence-electron chi connectivity index (χ2n) is 36.4. The molecule has 3 aliphatic carbocycles. The molecule has 0 fully saturated rings. The summed E-state index contributed by atoms with van der Waals surface area (Å²) in [5.41, 5.74) is 52.7. The van der Waals surface area contributed by atoms with E-state index in [2.05, 4.69) is 517 Å². The minimum Gasteiger partial charge on any atom is -0.311 e. The van der Waals surface area contributed by atoms with E-state index in [1.54, 1.807) is 0 Å². The summed E-state index contributed by atoms with van der Waals surface area (Å²) < 4.78 is 0. The molecular weight excluding hydrogens is 1620 g/mol. The summed E-state index contributed by atoms with van der Waals surface area (Å²) in [5.74, 6) is -0.294. The van der Waals surface area contributed by atoms with Gasteiger partial charge in [-0.25, -0.2) is 0 Å². The molecule has 0 amide bonds. The van der Waals surface area contributed by atoms with Gasteiger partial charge in [-0.15, -0.1) is 0 Å². The van der Waals surface area contributed by atoms with E-state index in [4.69, 9.17) is 0 Å². The number of hydrogen-bond donors (Lipinski definition) is 0. The molecule has 4 nitrogen and oxygen atoms in total. The molecule has 0 atom stereocenters. The van der Waals surface area contributed by atoms with Crippen molar-refractivity contribution in [3.05, 3.63) is 531 Å². The fourth-order valence-corrected chi connectivity index (χ4v) is 23.2. The van der Waals surface area contributed by atoms with E-state index in [1.807, 2.05) is 0 Å². The third kappa shape index (κ3) is 12.5. The van der Waals surface area contributed by atoms with Crippen LogP contribution in [0.5, 0.6) is 0 Å². The molecule has 0 unspecified atom stereocenters. The van der Waals surface area contributed by atoms with E-state index in [0.29, 0.717) is 0 Å². The highest BCUT2D eigenvalue weighted by Gasteiger charge is 2.49. The van der Waals surface area contributed by atoms with Crippen LogP contribution >= 0.6 is 0 Å². The lowest BCUT2D eigenvalue weighted by molar-refractivity contribution is 0.758. The summed E-state index contributed by atoms with van der Waals surface area (Å²) in [6.45, 7) is -0.389. The molecule has 0 saturated carbocycles. The number of benzene rings is 21. The summed E-state index contributed by atoms with van der Waals surface area (Å²) in [7, 11) is 0. The number of nitrogens with zero attached hydrogens (tertiary/aromatic N) is 4. The van der Waals surface area contributed by atoms with Crippen LogP contribution in [0, 0.1) is 0 Å². The first kappa shape index (κ1) is 76.9. The fourth-order valence-electron chi connectivity index (χ4n) is 23.2. The van der Waals surface area contributed by atoms with Crippen molar-refractivity contribution in [2.24, 2.45) is 0 Å². The maximum atomic E-state index is 2.61. The quantitative estimate of drug-likeness (QED) is 0.101. The van der Waals surface area contributed by atoms with Gasteiger partial charge in [-0.05, 0) is 274 Å². The number of hydrogen-bond acceptors (Lipinski definition) is 4. The van der Waals surface area contributed by atoms with Gasteiger partial charge < -0.3 is 19.6 Å². The standard InChI is InChI=1S/C128H84B2N4/c1-9-29-83(30-10-1)91-51-63-101(64-52-91)131-115-71-59-95(87-37-17-5-18-38-87)75-111(115)129-112-76-96(88-39-19-6-20-40-88)60-72-116(112)132(102-65-53-92(54-66-102)84-31-11-2-12-32-84)120-80-99(79-119(131)127(120)129)105-47-27-49-109-123-107-45-25-26-46-108(107)126(124(105)109)125-106(48-28-50-110(123)125)100-81-121-128-122(82-100)134(104-69-57-94(58-70-104)86-35-15-4-16-36-86)118-74-62-98(90-43-23-8-24-44-90)78-114(118)130(128)113-77-97(89-41-21-7-22-42-89)61-73-117(113)133(121)103-67-55-93(56-68-103)85-33-13-3-14-34-85/h1-82,123,126H. The molecule has 622 valence electrons. The summed E-state index contributed by atoms with van der Waals surface area (Å²) in [6, 6.07) is 188. The van der Waals surface area contributed by atoms with Gasteiger partial charge in [0.15, 0.2) is 0 Å². The SMILES string of the molecule is c1ccc(-c2ccc(N3c4ccc(-c5ccccc5)cc4B4c5cc(-c6ccccc6)ccc5N(c5ccc(-c6ccccc6)cc5)c5cc(-c6cccc7c6C6c8ccccc8C7c7cccc(-c8cc9c%10c(c8)N(c8ccc(-c%11ccccc%11)cc8)c8ccc(-c%11ccccc%11)cc8B%10c8cc(-c%10ccccc%10)ccc8N9c8ccc(-c9ccccc9)cc8)c76)cc3c54)cc2)cc1. The van der Waals surface area contributed by atoms with E-state index in [9.17, 15) is 0 Å². The van der Waals surface area contributed by atoms with Gasteiger partial charge >= 0.3 is 0 Å². The van der Waals surface area contributed by atoms with Crippen LogP contribution < -0.4 is 52.4 Å². The smallest absolute Gasteiger partial charge is 0.252 e. The van der Waals surface area contributed by atoms with Crippen molar-refractivity contribution in [1.29, 1.82) is 0 Å². The first-order valence-electron chi connectivity index (χ1n) is 46.8. The monoisotopic (exact) mass is 1700 g/mol. The summed E-state index contributed by atoms with van der Waals surface area (Å²) >= 11 is 0. The molecule has 0 saturated heterocycles. The van der Waals surface area contributed by atoms with Crippen LogP contribution in [-0.2, 0) is 0 Å². The minimum atomic E-state index is -0.205. The molecule has 7 aliphatic rings. The average molecular weight is 1700 g/mol. The highest BCUT2D eigenvalue weighted by Crippen LogP contribution is 2.62. The van der Waals surface area contributed by atoms with Crippen molar-refractivity contribution < 1.29 is 0 Å². The lowest BCUT2D eigenvalue weighted by Gasteiger charge is -2.46. The zero-order chi connectivity index (χ0) is 88.0. The average Bonchev–Trinajstić information content (AvgIpc) is 0.682.